The van der Waals surface area contributed by atoms with Gasteiger partial charge < -0.3 is 4.90 Å². The van der Waals surface area contributed by atoms with E-state index < -0.39 is 0 Å². The maximum Gasteiger partial charge on any atom is 0.239 e. The van der Waals surface area contributed by atoms with Crippen molar-refractivity contribution >= 4 is 5.91 Å². The van der Waals surface area contributed by atoms with Gasteiger partial charge in [-0.15, -0.1) is 0 Å². The number of carbonyl (C=O) groups is 1. The average Bonchev–Trinajstić information content (AvgIpc) is 2.69. The van der Waals surface area contributed by atoms with E-state index in [0.717, 1.165) is 37.9 Å². The molecule has 0 bridgehead atoms. The second kappa shape index (κ2) is 8.59. The minimum absolute atomic E-state index is 0.0692. The third-order valence-electron chi connectivity index (χ3n) is 4.91. The summed E-state index contributed by atoms with van der Waals surface area (Å²) in [4.78, 5) is 21.2. The summed E-state index contributed by atoms with van der Waals surface area (Å²) in [5.41, 5.74) is 2.87. The Labute approximate surface area is 154 Å². The highest BCUT2D eigenvalue weighted by molar-refractivity contribution is 5.81. The van der Waals surface area contributed by atoms with E-state index in [9.17, 15) is 4.79 Å². The lowest BCUT2D eigenvalue weighted by Gasteiger charge is -2.36. The van der Waals surface area contributed by atoms with E-state index in [1.54, 1.807) is 29.4 Å². The van der Waals surface area contributed by atoms with Crippen LogP contribution in [0, 0.1) is 11.3 Å². The second-order valence-corrected chi connectivity index (χ2v) is 6.84. The van der Waals surface area contributed by atoms with Gasteiger partial charge in [0.05, 0.1) is 17.7 Å². The molecule has 1 amide bonds. The number of hydrogen-bond donors (Lipinski definition) is 0. The maximum atomic E-state index is 13.0. The number of nitriles is 1. The van der Waals surface area contributed by atoms with Crippen LogP contribution in [0.1, 0.15) is 36.0 Å². The molecule has 0 spiro atoms. The summed E-state index contributed by atoms with van der Waals surface area (Å²) in [6.45, 7) is 2.29. The SMILES string of the molecule is CN(Cc1ccc(C#N)cc1)C(=O)C1CCCCN1Cc1ccncc1. The summed E-state index contributed by atoms with van der Waals surface area (Å²) in [7, 11) is 1.86. The fraction of sp³-hybridized carbons (Fsp3) is 0.381. The number of carbonyl (C=O) groups excluding carboxylic acids is 1. The molecule has 1 aromatic heterocycles. The molecular weight excluding hydrogens is 324 g/mol. The van der Waals surface area contributed by atoms with Crippen molar-refractivity contribution in [2.45, 2.75) is 38.4 Å². The standard InChI is InChI=1S/C21H24N4O/c1-24(15-18-7-5-17(14-22)6-8-18)21(26)20-4-2-3-13-25(20)16-19-9-11-23-12-10-19/h5-12,20H,2-4,13,15-16H2,1H3. The molecule has 2 heterocycles. The predicted molar refractivity (Wildman–Crippen MR) is 99.9 cm³/mol. The van der Waals surface area contributed by atoms with Gasteiger partial charge in [-0.25, -0.2) is 0 Å². The van der Waals surface area contributed by atoms with Crippen LogP contribution in [0.5, 0.6) is 0 Å². The summed E-state index contributed by atoms with van der Waals surface area (Å²) in [6.07, 6.45) is 6.73. The lowest BCUT2D eigenvalue weighted by molar-refractivity contribution is -0.137. The molecule has 1 fully saturated rings. The van der Waals surface area contributed by atoms with Crippen LogP contribution in [-0.2, 0) is 17.9 Å². The van der Waals surface area contributed by atoms with Crippen molar-refractivity contribution in [2.75, 3.05) is 13.6 Å². The molecule has 1 aliphatic heterocycles. The number of pyridine rings is 1. The van der Waals surface area contributed by atoms with Crippen LogP contribution >= 0.6 is 0 Å². The number of likely N-dealkylation sites (N-methyl/N-ethyl adjacent to an activating group) is 1. The molecule has 5 nitrogen and oxygen atoms in total. The zero-order valence-corrected chi connectivity index (χ0v) is 15.1. The highest BCUT2D eigenvalue weighted by Gasteiger charge is 2.30. The van der Waals surface area contributed by atoms with Crippen molar-refractivity contribution in [3.63, 3.8) is 0 Å². The van der Waals surface area contributed by atoms with Crippen LogP contribution in [0.2, 0.25) is 0 Å². The van der Waals surface area contributed by atoms with E-state index in [1.807, 2.05) is 31.3 Å². The van der Waals surface area contributed by atoms with Crippen LogP contribution in [0.25, 0.3) is 0 Å². The molecule has 26 heavy (non-hydrogen) atoms. The molecule has 0 N–H and O–H groups in total. The average molecular weight is 348 g/mol. The summed E-state index contributed by atoms with van der Waals surface area (Å²) in [5.74, 6) is 0.170. The summed E-state index contributed by atoms with van der Waals surface area (Å²) in [5, 5.41) is 8.90. The van der Waals surface area contributed by atoms with E-state index in [-0.39, 0.29) is 11.9 Å². The maximum absolute atomic E-state index is 13.0. The highest BCUT2D eigenvalue weighted by Crippen LogP contribution is 2.21. The molecule has 2 aromatic rings. The van der Waals surface area contributed by atoms with Gasteiger partial charge in [-0.3, -0.25) is 14.7 Å². The van der Waals surface area contributed by atoms with Crippen LogP contribution in [-0.4, -0.2) is 40.3 Å². The molecule has 0 saturated carbocycles. The smallest absolute Gasteiger partial charge is 0.239 e. The number of nitrogens with zero attached hydrogens (tertiary/aromatic N) is 4. The first-order chi connectivity index (χ1) is 12.7. The number of aromatic nitrogens is 1. The Kier molecular flexibility index (Phi) is 5.98. The number of piperidine rings is 1. The molecule has 3 rings (SSSR count). The molecule has 1 saturated heterocycles. The highest BCUT2D eigenvalue weighted by atomic mass is 16.2. The number of rotatable bonds is 5. The van der Waals surface area contributed by atoms with Gasteiger partial charge in [0.2, 0.25) is 5.91 Å². The molecule has 1 aliphatic rings. The van der Waals surface area contributed by atoms with Gasteiger partial charge in [-0.2, -0.15) is 5.26 Å². The molecule has 134 valence electrons. The van der Waals surface area contributed by atoms with E-state index in [1.165, 1.54) is 5.56 Å². The molecular formula is C21H24N4O. The van der Waals surface area contributed by atoms with Gasteiger partial charge in [0.1, 0.15) is 0 Å². The first kappa shape index (κ1) is 18.1. The van der Waals surface area contributed by atoms with Gasteiger partial charge in [0, 0.05) is 32.5 Å². The molecule has 5 heteroatoms. The van der Waals surface area contributed by atoms with Gasteiger partial charge in [0.15, 0.2) is 0 Å². The van der Waals surface area contributed by atoms with E-state index in [0.29, 0.717) is 12.1 Å². The van der Waals surface area contributed by atoms with Crippen LogP contribution in [0.3, 0.4) is 0 Å². The third kappa shape index (κ3) is 4.47. The van der Waals surface area contributed by atoms with Gasteiger partial charge in [-0.1, -0.05) is 18.6 Å². The molecule has 0 radical (unpaired) electrons. The van der Waals surface area contributed by atoms with Crippen molar-refractivity contribution in [3.05, 3.63) is 65.5 Å². The van der Waals surface area contributed by atoms with E-state index >= 15 is 0 Å². The molecule has 0 aliphatic carbocycles. The quantitative estimate of drug-likeness (QED) is 0.833. The number of likely N-dealkylation sites (tertiary alicyclic amines) is 1. The monoisotopic (exact) mass is 348 g/mol. The van der Waals surface area contributed by atoms with Crippen molar-refractivity contribution in [1.82, 2.24) is 14.8 Å². The summed E-state index contributed by atoms with van der Waals surface area (Å²) >= 11 is 0. The first-order valence-corrected chi connectivity index (χ1v) is 9.04. The van der Waals surface area contributed by atoms with Gasteiger partial charge in [0.25, 0.3) is 0 Å². The Hall–Kier alpha value is -2.71. The van der Waals surface area contributed by atoms with Crippen LogP contribution in [0.4, 0.5) is 0 Å². The number of benzene rings is 1. The van der Waals surface area contributed by atoms with Gasteiger partial charge in [-0.05, 0) is 54.8 Å². The lowest BCUT2D eigenvalue weighted by Crippen LogP contribution is -2.49. The molecule has 1 unspecified atom stereocenters. The molecule has 1 atom stereocenters. The number of amides is 1. The minimum atomic E-state index is -0.0692. The second-order valence-electron chi connectivity index (χ2n) is 6.84. The van der Waals surface area contributed by atoms with Crippen molar-refractivity contribution < 1.29 is 4.79 Å². The van der Waals surface area contributed by atoms with Crippen LogP contribution in [0.15, 0.2) is 48.8 Å². The lowest BCUT2D eigenvalue weighted by atomic mass is 10.00. The normalized spacial score (nSPS) is 17.5. The Morgan fingerprint density at radius 3 is 2.62 bits per heavy atom. The zero-order chi connectivity index (χ0) is 18.4. The Morgan fingerprint density at radius 1 is 1.19 bits per heavy atom. The Morgan fingerprint density at radius 2 is 1.92 bits per heavy atom. The topological polar surface area (TPSA) is 60.2 Å². The molecule has 1 aromatic carbocycles. The fourth-order valence-electron chi connectivity index (χ4n) is 3.47. The van der Waals surface area contributed by atoms with Gasteiger partial charge >= 0.3 is 0 Å². The number of hydrogen-bond acceptors (Lipinski definition) is 4. The Bertz CT molecular complexity index is 767. The summed E-state index contributed by atoms with van der Waals surface area (Å²) < 4.78 is 0. The summed E-state index contributed by atoms with van der Waals surface area (Å²) in [6, 6.07) is 13.5. The van der Waals surface area contributed by atoms with Crippen molar-refractivity contribution in [2.24, 2.45) is 0 Å². The first-order valence-electron chi connectivity index (χ1n) is 9.04. The predicted octanol–water partition coefficient (Wildman–Crippen LogP) is 2.97. The van der Waals surface area contributed by atoms with E-state index in [4.69, 9.17) is 5.26 Å². The van der Waals surface area contributed by atoms with Crippen LogP contribution < -0.4 is 0 Å². The van der Waals surface area contributed by atoms with E-state index in [2.05, 4.69) is 16.0 Å². The minimum Gasteiger partial charge on any atom is -0.340 e. The third-order valence-corrected chi connectivity index (χ3v) is 4.91. The van der Waals surface area contributed by atoms with Crippen molar-refractivity contribution in [3.8, 4) is 6.07 Å². The zero-order valence-electron chi connectivity index (χ0n) is 15.1. The Balaban J connectivity index is 1.66. The van der Waals surface area contributed by atoms with Crippen molar-refractivity contribution in [1.29, 1.82) is 5.26 Å². The fourth-order valence-corrected chi connectivity index (χ4v) is 3.47. The largest absolute Gasteiger partial charge is 0.340 e.